The fourth-order valence-corrected chi connectivity index (χ4v) is 1.65. The molecule has 0 aromatic heterocycles. The number of methoxy groups -OCH3 is 1. The van der Waals surface area contributed by atoms with Crippen LogP contribution in [0.25, 0.3) is 0 Å². The number of hydrogen-bond acceptors (Lipinski definition) is 3. The van der Waals surface area contributed by atoms with E-state index in [2.05, 4.69) is 0 Å². The van der Waals surface area contributed by atoms with E-state index in [-0.39, 0.29) is 6.61 Å². The van der Waals surface area contributed by atoms with E-state index in [0.29, 0.717) is 17.2 Å². The first-order chi connectivity index (χ1) is 8.72. The van der Waals surface area contributed by atoms with Gasteiger partial charge in [-0.15, -0.1) is 0 Å². The van der Waals surface area contributed by atoms with Crippen molar-refractivity contribution < 1.29 is 14.6 Å². The van der Waals surface area contributed by atoms with Crippen LogP contribution in [0.3, 0.4) is 0 Å². The first-order valence-electron chi connectivity index (χ1n) is 5.75. The van der Waals surface area contributed by atoms with Gasteiger partial charge in [-0.05, 0) is 42.3 Å². The van der Waals surface area contributed by atoms with Gasteiger partial charge in [0.05, 0.1) is 13.7 Å². The molecule has 3 heteroatoms. The molecule has 1 N–H and O–H groups in total. The Morgan fingerprint density at radius 2 is 1.72 bits per heavy atom. The molecule has 2 rings (SSSR count). The molecule has 0 fully saturated rings. The van der Waals surface area contributed by atoms with Crippen LogP contribution in [0.5, 0.6) is 17.2 Å². The van der Waals surface area contributed by atoms with Crippen LogP contribution in [-0.4, -0.2) is 12.2 Å². The minimum atomic E-state index is 0.0358. The summed E-state index contributed by atoms with van der Waals surface area (Å²) in [4.78, 5) is 0. The smallest absolute Gasteiger partial charge is 0.169 e. The van der Waals surface area contributed by atoms with Crippen LogP contribution >= 0.6 is 0 Å². The van der Waals surface area contributed by atoms with Gasteiger partial charge in [-0.1, -0.05) is 18.2 Å². The van der Waals surface area contributed by atoms with Crippen LogP contribution in [0, 0.1) is 6.92 Å². The number of aliphatic hydroxyl groups excluding tert-OH is 1. The van der Waals surface area contributed by atoms with Gasteiger partial charge in [0.2, 0.25) is 0 Å². The van der Waals surface area contributed by atoms with E-state index in [1.807, 2.05) is 49.4 Å². The Labute approximate surface area is 107 Å². The van der Waals surface area contributed by atoms with E-state index < -0.39 is 0 Å². The molecule has 0 aliphatic carbocycles. The molecule has 0 heterocycles. The first-order valence-corrected chi connectivity index (χ1v) is 5.75. The molecule has 0 radical (unpaired) electrons. The molecule has 0 aliphatic heterocycles. The molecule has 0 saturated carbocycles. The summed E-state index contributed by atoms with van der Waals surface area (Å²) in [6.07, 6.45) is 0. The van der Waals surface area contributed by atoms with Crippen LogP contribution in [0.1, 0.15) is 11.1 Å². The van der Waals surface area contributed by atoms with Crippen molar-refractivity contribution in [1.82, 2.24) is 0 Å². The van der Waals surface area contributed by atoms with Crippen LogP contribution < -0.4 is 9.47 Å². The second-order valence-corrected chi connectivity index (χ2v) is 4.06. The maximum atomic E-state index is 8.97. The van der Waals surface area contributed by atoms with Gasteiger partial charge in [0.25, 0.3) is 0 Å². The predicted octanol–water partition coefficient (Wildman–Crippen LogP) is 3.29. The van der Waals surface area contributed by atoms with Gasteiger partial charge in [-0.3, -0.25) is 0 Å². The van der Waals surface area contributed by atoms with E-state index in [9.17, 15) is 0 Å². The lowest BCUT2D eigenvalue weighted by Gasteiger charge is -2.11. The maximum Gasteiger partial charge on any atom is 0.169 e. The van der Waals surface area contributed by atoms with Gasteiger partial charge in [0.1, 0.15) is 5.75 Å². The average molecular weight is 244 g/mol. The van der Waals surface area contributed by atoms with Crippen molar-refractivity contribution in [2.75, 3.05) is 7.11 Å². The maximum absolute atomic E-state index is 8.97. The number of hydrogen-bond donors (Lipinski definition) is 1. The van der Waals surface area contributed by atoms with Crippen LogP contribution in [0.4, 0.5) is 0 Å². The van der Waals surface area contributed by atoms with Crippen LogP contribution in [0.2, 0.25) is 0 Å². The van der Waals surface area contributed by atoms with E-state index in [4.69, 9.17) is 14.6 Å². The van der Waals surface area contributed by atoms with E-state index in [1.54, 1.807) is 7.11 Å². The fourth-order valence-electron chi connectivity index (χ4n) is 1.65. The minimum absolute atomic E-state index is 0.0358. The molecule has 0 saturated heterocycles. The molecular weight excluding hydrogens is 228 g/mol. The molecule has 2 aromatic rings. The Bertz CT molecular complexity index is 518. The Kier molecular flexibility index (Phi) is 3.85. The van der Waals surface area contributed by atoms with Crippen molar-refractivity contribution in [3.05, 3.63) is 53.6 Å². The summed E-state index contributed by atoms with van der Waals surface area (Å²) in [5.41, 5.74) is 1.98. The number of benzene rings is 2. The number of aryl methyl sites for hydroxylation is 1. The highest BCUT2D eigenvalue weighted by atomic mass is 16.5. The third-order valence-corrected chi connectivity index (χ3v) is 2.65. The summed E-state index contributed by atoms with van der Waals surface area (Å²) in [6, 6.07) is 13.1. The zero-order chi connectivity index (χ0) is 13.0. The van der Waals surface area contributed by atoms with Crippen molar-refractivity contribution in [3.8, 4) is 17.2 Å². The van der Waals surface area contributed by atoms with Crippen molar-refractivity contribution in [3.63, 3.8) is 0 Å². The zero-order valence-electron chi connectivity index (χ0n) is 10.5. The lowest BCUT2D eigenvalue weighted by Crippen LogP contribution is -1.91. The molecule has 0 spiro atoms. The van der Waals surface area contributed by atoms with Gasteiger partial charge >= 0.3 is 0 Å². The summed E-state index contributed by atoms with van der Waals surface area (Å²) in [6.45, 7) is 2.04. The number of rotatable bonds is 4. The topological polar surface area (TPSA) is 38.7 Å². The standard InChI is InChI=1S/C15H16O3/c1-11-3-8-14(15(9-11)17-2)18-13-6-4-12(10-16)5-7-13/h3-9,16H,10H2,1-2H3. The quantitative estimate of drug-likeness (QED) is 0.897. The first kappa shape index (κ1) is 12.5. The molecular formula is C15H16O3. The Morgan fingerprint density at radius 3 is 2.33 bits per heavy atom. The fraction of sp³-hybridized carbons (Fsp3) is 0.200. The second kappa shape index (κ2) is 5.56. The molecule has 2 aromatic carbocycles. The largest absolute Gasteiger partial charge is 0.493 e. The van der Waals surface area contributed by atoms with Crippen LogP contribution in [0.15, 0.2) is 42.5 Å². The molecule has 0 atom stereocenters. The van der Waals surface area contributed by atoms with Gasteiger partial charge in [0.15, 0.2) is 11.5 Å². The average Bonchev–Trinajstić information content (AvgIpc) is 2.41. The van der Waals surface area contributed by atoms with E-state index in [1.165, 1.54) is 0 Å². The Hall–Kier alpha value is -2.00. The minimum Gasteiger partial charge on any atom is -0.493 e. The van der Waals surface area contributed by atoms with Crippen molar-refractivity contribution in [2.24, 2.45) is 0 Å². The monoisotopic (exact) mass is 244 g/mol. The second-order valence-electron chi connectivity index (χ2n) is 4.06. The molecule has 0 amide bonds. The van der Waals surface area contributed by atoms with Gasteiger partial charge in [-0.2, -0.15) is 0 Å². The summed E-state index contributed by atoms with van der Waals surface area (Å²) >= 11 is 0. The molecule has 94 valence electrons. The summed E-state index contributed by atoms with van der Waals surface area (Å²) in [5.74, 6) is 2.11. The highest BCUT2D eigenvalue weighted by molar-refractivity contribution is 5.45. The van der Waals surface area contributed by atoms with Crippen LogP contribution in [-0.2, 0) is 6.61 Å². The Morgan fingerprint density at radius 1 is 1.00 bits per heavy atom. The van der Waals surface area contributed by atoms with Crippen molar-refractivity contribution in [2.45, 2.75) is 13.5 Å². The SMILES string of the molecule is COc1cc(C)ccc1Oc1ccc(CO)cc1. The normalized spacial score (nSPS) is 10.2. The Balaban J connectivity index is 2.22. The van der Waals surface area contributed by atoms with Gasteiger partial charge < -0.3 is 14.6 Å². The molecule has 18 heavy (non-hydrogen) atoms. The molecule has 0 unspecified atom stereocenters. The summed E-state index contributed by atoms with van der Waals surface area (Å²) < 4.78 is 11.0. The molecule has 3 nitrogen and oxygen atoms in total. The van der Waals surface area contributed by atoms with Gasteiger partial charge in [-0.25, -0.2) is 0 Å². The highest BCUT2D eigenvalue weighted by Gasteiger charge is 2.05. The van der Waals surface area contributed by atoms with Crippen molar-refractivity contribution in [1.29, 1.82) is 0 Å². The lowest BCUT2D eigenvalue weighted by atomic mass is 10.2. The zero-order valence-corrected chi connectivity index (χ0v) is 10.5. The highest BCUT2D eigenvalue weighted by Crippen LogP contribution is 2.32. The number of aliphatic hydroxyl groups is 1. The predicted molar refractivity (Wildman–Crippen MR) is 70.2 cm³/mol. The molecule has 0 bridgehead atoms. The van der Waals surface area contributed by atoms with Gasteiger partial charge in [0, 0.05) is 0 Å². The van der Waals surface area contributed by atoms with Crippen molar-refractivity contribution >= 4 is 0 Å². The van der Waals surface area contributed by atoms with E-state index in [0.717, 1.165) is 11.1 Å². The van der Waals surface area contributed by atoms with E-state index >= 15 is 0 Å². The lowest BCUT2D eigenvalue weighted by molar-refractivity contribution is 0.281. The molecule has 0 aliphatic rings. The number of ether oxygens (including phenoxy) is 2. The third-order valence-electron chi connectivity index (χ3n) is 2.65. The summed E-state index contributed by atoms with van der Waals surface area (Å²) in [7, 11) is 1.62. The third kappa shape index (κ3) is 2.81. The summed E-state index contributed by atoms with van der Waals surface area (Å²) in [5, 5.41) is 8.97.